The van der Waals surface area contributed by atoms with Gasteiger partial charge in [-0.1, -0.05) is 22.0 Å². The molecule has 7 nitrogen and oxygen atoms in total. The van der Waals surface area contributed by atoms with Gasteiger partial charge < -0.3 is 4.74 Å². The molecule has 2 aromatic rings. The monoisotopic (exact) mass is 458 g/mol. The molecule has 1 aliphatic rings. The van der Waals surface area contributed by atoms with Gasteiger partial charge in [0.2, 0.25) is 10.0 Å². The number of methoxy groups -OCH3 is 1. The highest BCUT2D eigenvalue weighted by Gasteiger charge is 2.38. The fourth-order valence-electron chi connectivity index (χ4n) is 2.74. The number of sulfonamides is 1. The summed E-state index contributed by atoms with van der Waals surface area (Å²) in [6.07, 6.45) is 0. The zero-order valence-corrected chi connectivity index (χ0v) is 16.9. The molecule has 1 atom stereocenters. The highest BCUT2D eigenvalue weighted by Crippen LogP contribution is 2.45. The van der Waals surface area contributed by atoms with Crippen molar-refractivity contribution in [3.63, 3.8) is 0 Å². The van der Waals surface area contributed by atoms with Gasteiger partial charge >= 0.3 is 0 Å². The minimum absolute atomic E-state index is 0.0897. The van der Waals surface area contributed by atoms with Crippen molar-refractivity contribution in [2.24, 2.45) is 0 Å². The van der Waals surface area contributed by atoms with Crippen molar-refractivity contribution in [2.45, 2.75) is 10.3 Å². The van der Waals surface area contributed by atoms with Crippen LogP contribution in [0.1, 0.15) is 10.9 Å². The molecule has 138 valence electrons. The minimum Gasteiger partial charge on any atom is -0.496 e. The summed E-state index contributed by atoms with van der Waals surface area (Å²) in [6, 6.07) is 10.5. The van der Waals surface area contributed by atoms with Gasteiger partial charge in [-0.05, 0) is 24.3 Å². The Morgan fingerprint density at radius 2 is 2.08 bits per heavy atom. The fourth-order valence-corrected chi connectivity index (χ4v) is 6.40. The molecule has 0 aromatic heterocycles. The average Bonchev–Trinajstić information content (AvgIpc) is 3.12. The van der Waals surface area contributed by atoms with E-state index in [1.54, 1.807) is 6.07 Å². The van der Waals surface area contributed by atoms with Crippen molar-refractivity contribution >= 4 is 43.4 Å². The summed E-state index contributed by atoms with van der Waals surface area (Å²) in [4.78, 5) is 10.3. The molecule has 0 radical (unpaired) electrons. The molecule has 1 aliphatic heterocycles. The number of benzene rings is 2. The first-order valence-electron chi connectivity index (χ1n) is 7.56. The van der Waals surface area contributed by atoms with E-state index in [4.69, 9.17) is 4.74 Å². The molecule has 0 saturated carbocycles. The van der Waals surface area contributed by atoms with Gasteiger partial charge in [-0.3, -0.25) is 10.1 Å². The van der Waals surface area contributed by atoms with E-state index in [0.717, 1.165) is 16.1 Å². The smallest absolute Gasteiger partial charge is 0.270 e. The molecule has 0 spiro atoms. The van der Waals surface area contributed by atoms with E-state index in [0.29, 0.717) is 18.0 Å². The Labute approximate surface area is 163 Å². The first-order valence-corrected chi connectivity index (χ1v) is 10.8. The standard InChI is InChI=1S/C16H15BrN2O5S2/c1-24-15-6-5-11(17)9-14(15)16-18(7-8-25-16)26(22,23)13-4-2-3-12(10-13)19(20)21/h2-6,9-10,16H,7-8H2,1H3. The van der Waals surface area contributed by atoms with Crippen LogP contribution in [0.25, 0.3) is 0 Å². The van der Waals surface area contributed by atoms with Crippen molar-refractivity contribution in [3.8, 4) is 5.75 Å². The van der Waals surface area contributed by atoms with E-state index in [1.165, 1.54) is 41.4 Å². The molecule has 1 fully saturated rings. The Bertz CT molecular complexity index is 951. The van der Waals surface area contributed by atoms with Crippen LogP contribution in [0.15, 0.2) is 51.8 Å². The Balaban J connectivity index is 2.04. The van der Waals surface area contributed by atoms with Gasteiger partial charge in [0.05, 0.1) is 22.3 Å². The number of nitrogens with zero attached hydrogens (tertiary/aromatic N) is 2. The number of thioether (sulfide) groups is 1. The molecule has 26 heavy (non-hydrogen) atoms. The summed E-state index contributed by atoms with van der Waals surface area (Å²) in [7, 11) is -2.36. The summed E-state index contributed by atoms with van der Waals surface area (Å²) in [6.45, 7) is 0.316. The van der Waals surface area contributed by atoms with Gasteiger partial charge in [-0.2, -0.15) is 4.31 Å². The second kappa shape index (κ2) is 7.55. The van der Waals surface area contributed by atoms with Crippen LogP contribution >= 0.6 is 27.7 Å². The highest BCUT2D eigenvalue weighted by molar-refractivity contribution is 9.10. The second-order valence-electron chi connectivity index (χ2n) is 5.48. The van der Waals surface area contributed by atoms with Crippen LogP contribution in [0.4, 0.5) is 5.69 Å². The van der Waals surface area contributed by atoms with Gasteiger partial charge in [-0.25, -0.2) is 8.42 Å². The molecule has 10 heteroatoms. The predicted molar refractivity (Wildman–Crippen MR) is 103 cm³/mol. The zero-order chi connectivity index (χ0) is 18.9. The van der Waals surface area contributed by atoms with Gasteiger partial charge in [0.1, 0.15) is 5.75 Å². The summed E-state index contributed by atoms with van der Waals surface area (Å²) in [5.41, 5.74) is 0.480. The van der Waals surface area contributed by atoms with Crippen LogP contribution in [0.2, 0.25) is 0 Å². The molecular formula is C16H15BrN2O5S2. The predicted octanol–water partition coefficient (Wildman–Crippen LogP) is 3.80. The molecule has 1 heterocycles. The van der Waals surface area contributed by atoms with Crippen LogP contribution in [-0.4, -0.2) is 37.1 Å². The van der Waals surface area contributed by atoms with Crippen molar-refractivity contribution in [1.82, 2.24) is 4.31 Å². The van der Waals surface area contributed by atoms with Gasteiger partial charge in [0.15, 0.2) is 0 Å². The fraction of sp³-hybridized carbons (Fsp3) is 0.250. The van der Waals surface area contributed by atoms with E-state index >= 15 is 0 Å². The molecule has 2 aromatic carbocycles. The van der Waals surface area contributed by atoms with Gasteiger partial charge in [0, 0.05) is 34.5 Å². The molecule has 0 aliphatic carbocycles. The third kappa shape index (κ3) is 3.59. The van der Waals surface area contributed by atoms with Gasteiger partial charge in [0.25, 0.3) is 5.69 Å². The third-order valence-corrected chi connectivity index (χ3v) is 7.67. The Morgan fingerprint density at radius 3 is 2.77 bits per heavy atom. The van der Waals surface area contributed by atoms with E-state index in [-0.39, 0.29) is 10.6 Å². The SMILES string of the molecule is COc1ccc(Br)cc1C1SCCN1S(=O)(=O)c1cccc([N+](=O)[O-])c1. The maximum Gasteiger partial charge on any atom is 0.270 e. The van der Waals surface area contributed by atoms with E-state index in [1.807, 2.05) is 12.1 Å². The first kappa shape index (κ1) is 19.2. The largest absolute Gasteiger partial charge is 0.496 e. The van der Waals surface area contributed by atoms with Crippen LogP contribution < -0.4 is 4.74 Å². The van der Waals surface area contributed by atoms with Crippen LogP contribution in [0.5, 0.6) is 5.75 Å². The number of rotatable bonds is 5. The number of hydrogen-bond acceptors (Lipinski definition) is 6. The zero-order valence-electron chi connectivity index (χ0n) is 13.7. The summed E-state index contributed by atoms with van der Waals surface area (Å²) in [5.74, 6) is 1.21. The lowest BCUT2D eigenvalue weighted by Crippen LogP contribution is -2.30. The number of halogens is 1. The van der Waals surface area contributed by atoms with Crippen LogP contribution in [-0.2, 0) is 10.0 Å². The normalized spacial score (nSPS) is 18.0. The van der Waals surface area contributed by atoms with Crippen molar-refractivity contribution < 1.29 is 18.1 Å². The lowest BCUT2D eigenvalue weighted by molar-refractivity contribution is -0.385. The molecular weight excluding hydrogens is 444 g/mol. The van der Waals surface area contributed by atoms with E-state index < -0.39 is 20.3 Å². The average molecular weight is 459 g/mol. The molecule has 1 saturated heterocycles. The van der Waals surface area contributed by atoms with E-state index in [2.05, 4.69) is 15.9 Å². The lowest BCUT2D eigenvalue weighted by atomic mass is 10.2. The maximum atomic E-state index is 13.1. The summed E-state index contributed by atoms with van der Waals surface area (Å²) < 4.78 is 33.8. The summed E-state index contributed by atoms with van der Waals surface area (Å²) >= 11 is 4.89. The number of nitro benzene ring substituents is 1. The van der Waals surface area contributed by atoms with Crippen LogP contribution in [0, 0.1) is 10.1 Å². The maximum absolute atomic E-state index is 13.1. The first-order chi connectivity index (χ1) is 12.3. The minimum atomic E-state index is -3.89. The Hall–Kier alpha value is -1.62. The van der Waals surface area contributed by atoms with Crippen molar-refractivity contribution in [2.75, 3.05) is 19.4 Å². The molecule has 0 N–H and O–H groups in total. The molecule has 3 rings (SSSR count). The number of hydrogen-bond donors (Lipinski definition) is 0. The second-order valence-corrected chi connectivity index (χ2v) is 9.47. The topological polar surface area (TPSA) is 89.8 Å². The number of non-ortho nitro benzene ring substituents is 1. The number of nitro groups is 1. The quantitative estimate of drug-likeness (QED) is 0.499. The van der Waals surface area contributed by atoms with E-state index in [9.17, 15) is 18.5 Å². The van der Waals surface area contributed by atoms with Gasteiger partial charge in [-0.15, -0.1) is 11.8 Å². The van der Waals surface area contributed by atoms with Crippen LogP contribution in [0.3, 0.4) is 0 Å². The molecule has 0 amide bonds. The Kier molecular flexibility index (Phi) is 5.56. The molecule has 0 bridgehead atoms. The molecule has 1 unspecified atom stereocenters. The van der Waals surface area contributed by atoms with Crippen molar-refractivity contribution in [3.05, 3.63) is 62.6 Å². The third-order valence-electron chi connectivity index (χ3n) is 3.94. The summed E-state index contributed by atoms with van der Waals surface area (Å²) in [5, 5.41) is 10.5. The van der Waals surface area contributed by atoms with Crippen molar-refractivity contribution in [1.29, 1.82) is 0 Å². The lowest BCUT2D eigenvalue weighted by Gasteiger charge is -2.25. The number of ether oxygens (including phenoxy) is 1. The Morgan fingerprint density at radius 1 is 1.31 bits per heavy atom. The highest BCUT2D eigenvalue weighted by atomic mass is 79.9.